The molecule has 0 aliphatic rings. The Hall–Kier alpha value is -1.90. The molecule has 0 spiro atoms. The molecule has 136 valence electrons. The first-order chi connectivity index (χ1) is 13.3. The molecule has 4 aromatic rings. The number of aryl methyl sites for hydroxylation is 1. The van der Waals surface area contributed by atoms with Crippen LogP contribution in [0.3, 0.4) is 0 Å². The highest BCUT2D eigenvalue weighted by atomic mass is 127. The van der Waals surface area contributed by atoms with Crippen LogP contribution in [0.2, 0.25) is 0 Å². The molecule has 0 amide bonds. The van der Waals surface area contributed by atoms with E-state index in [1.54, 1.807) is 0 Å². The van der Waals surface area contributed by atoms with Gasteiger partial charge in [0.25, 0.3) is 0 Å². The van der Waals surface area contributed by atoms with Gasteiger partial charge in [-0.1, -0.05) is 114 Å². The summed E-state index contributed by atoms with van der Waals surface area (Å²) in [4.78, 5) is 0. The second-order valence-corrected chi connectivity index (χ2v) is 9.07. The van der Waals surface area contributed by atoms with E-state index in [0.717, 1.165) is 4.43 Å². The van der Waals surface area contributed by atoms with E-state index in [-0.39, 0.29) is 0 Å². The average Bonchev–Trinajstić information content (AvgIpc) is 3.16. The smallest absolute Gasteiger partial charge is 0.0400 e. The number of aromatic nitrogens is 1. The van der Waals surface area contributed by atoms with E-state index in [0.29, 0.717) is 0 Å². The van der Waals surface area contributed by atoms with Crippen molar-refractivity contribution in [3.63, 3.8) is 0 Å². The molecular formula is C24H23INP. The van der Waals surface area contributed by atoms with Gasteiger partial charge in [0.15, 0.2) is 0 Å². The van der Waals surface area contributed by atoms with Crippen LogP contribution in [0.15, 0.2) is 109 Å². The molecule has 0 fully saturated rings. The Balaban J connectivity index is 0.000000221. The molecule has 0 unspecified atom stereocenters. The van der Waals surface area contributed by atoms with E-state index in [2.05, 4.69) is 144 Å². The first-order valence-corrected chi connectivity index (χ1v) is 11.8. The second kappa shape index (κ2) is 10.4. The van der Waals surface area contributed by atoms with Gasteiger partial charge in [0, 0.05) is 23.4 Å². The van der Waals surface area contributed by atoms with Crippen molar-refractivity contribution >= 4 is 46.4 Å². The molecule has 0 bridgehead atoms. The van der Waals surface area contributed by atoms with Crippen LogP contribution in [-0.4, -0.2) is 4.57 Å². The average molecular weight is 483 g/mol. The van der Waals surface area contributed by atoms with Crippen molar-refractivity contribution in [3.05, 3.63) is 115 Å². The molecule has 0 aliphatic heterocycles. The SMILES string of the molecule is Cn1cccc1CI.c1ccc(P(c2ccccc2)c2ccccc2)cc1. The fourth-order valence-corrected chi connectivity index (χ4v) is 5.91. The van der Waals surface area contributed by atoms with Crippen molar-refractivity contribution in [2.75, 3.05) is 0 Å². The van der Waals surface area contributed by atoms with Crippen molar-refractivity contribution in [1.82, 2.24) is 4.57 Å². The predicted molar refractivity (Wildman–Crippen MR) is 128 cm³/mol. The number of hydrogen-bond donors (Lipinski definition) is 0. The highest BCUT2D eigenvalue weighted by Gasteiger charge is 2.14. The number of rotatable bonds is 4. The van der Waals surface area contributed by atoms with Crippen LogP contribution in [0.5, 0.6) is 0 Å². The van der Waals surface area contributed by atoms with Crippen molar-refractivity contribution in [1.29, 1.82) is 0 Å². The molecule has 1 aromatic heterocycles. The molecule has 3 heteroatoms. The molecule has 0 saturated carbocycles. The Bertz CT molecular complexity index is 826. The minimum atomic E-state index is -0.446. The summed E-state index contributed by atoms with van der Waals surface area (Å²) in [6.07, 6.45) is 2.06. The zero-order valence-electron chi connectivity index (χ0n) is 15.4. The third-order valence-corrected chi connectivity index (χ3v) is 7.46. The summed E-state index contributed by atoms with van der Waals surface area (Å²) >= 11 is 2.35. The topological polar surface area (TPSA) is 4.93 Å². The molecule has 27 heavy (non-hydrogen) atoms. The Kier molecular flexibility index (Phi) is 7.67. The third-order valence-electron chi connectivity index (χ3n) is 4.23. The van der Waals surface area contributed by atoms with Crippen molar-refractivity contribution in [3.8, 4) is 0 Å². The van der Waals surface area contributed by atoms with Gasteiger partial charge in [-0.15, -0.1) is 0 Å². The van der Waals surface area contributed by atoms with E-state index in [1.165, 1.54) is 21.6 Å². The Morgan fingerprint density at radius 3 is 1.30 bits per heavy atom. The zero-order valence-corrected chi connectivity index (χ0v) is 18.4. The standard InChI is InChI=1S/C18H15P.C6H8IN/c1-4-10-16(11-5-1)19(17-12-6-2-7-13-17)18-14-8-3-9-15-18;1-8-4-2-3-6(8)5-7/h1-15H;2-4H,5H2,1H3. The molecule has 1 heterocycles. The van der Waals surface area contributed by atoms with Gasteiger partial charge in [-0.2, -0.15) is 0 Å². The molecular weight excluding hydrogens is 460 g/mol. The van der Waals surface area contributed by atoms with Crippen LogP contribution < -0.4 is 15.9 Å². The maximum atomic E-state index is 2.35. The van der Waals surface area contributed by atoms with E-state index in [1.807, 2.05) is 0 Å². The van der Waals surface area contributed by atoms with Gasteiger partial charge in [-0.25, -0.2) is 0 Å². The molecule has 0 saturated heterocycles. The highest BCUT2D eigenvalue weighted by Crippen LogP contribution is 2.32. The number of benzene rings is 3. The number of nitrogens with zero attached hydrogens (tertiary/aromatic N) is 1. The lowest BCUT2D eigenvalue weighted by atomic mass is 10.4. The molecule has 1 nitrogen and oxygen atoms in total. The number of halogens is 1. The summed E-state index contributed by atoms with van der Waals surface area (Å²) in [7, 11) is 1.62. The van der Waals surface area contributed by atoms with Crippen LogP contribution in [0, 0.1) is 0 Å². The summed E-state index contributed by atoms with van der Waals surface area (Å²) in [6, 6.07) is 36.5. The van der Waals surface area contributed by atoms with Gasteiger partial charge in [-0.05, 0) is 36.0 Å². The molecule has 0 N–H and O–H groups in total. The van der Waals surface area contributed by atoms with Crippen LogP contribution >= 0.6 is 30.5 Å². The maximum Gasteiger partial charge on any atom is 0.0400 e. The summed E-state index contributed by atoms with van der Waals surface area (Å²) < 4.78 is 3.23. The monoisotopic (exact) mass is 483 g/mol. The van der Waals surface area contributed by atoms with Crippen LogP contribution in [0.4, 0.5) is 0 Å². The Labute approximate surface area is 177 Å². The number of alkyl halides is 1. The molecule has 3 aromatic carbocycles. The third kappa shape index (κ3) is 5.54. The van der Waals surface area contributed by atoms with E-state index >= 15 is 0 Å². The van der Waals surface area contributed by atoms with Gasteiger partial charge in [0.2, 0.25) is 0 Å². The van der Waals surface area contributed by atoms with E-state index < -0.39 is 7.92 Å². The lowest BCUT2D eigenvalue weighted by Crippen LogP contribution is -2.20. The van der Waals surface area contributed by atoms with Crippen LogP contribution in [0.25, 0.3) is 0 Å². The second-order valence-electron chi connectivity index (χ2n) is 6.09. The minimum Gasteiger partial charge on any atom is -0.354 e. The quantitative estimate of drug-likeness (QED) is 0.208. The fourth-order valence-electron chi connectivity index (χ4n) is 2.81. The first-order valence-electron chi connectivity index (χ1n) is 8.91. The van der Waals surface area contributed by atoms with Crippen molar-refractivity contribution in [2.24, 2.45) is 7.05 Å². The molecule has 0 radical (unpaired) electrons. The molecule has 0 aliphatic carbocycles. The maximum absolute atomic E-state index is 2.35. The van der Waals surface area contributed by atoms with Gasteiger partial charge < -0.3 is 4.57 Å². The largest absolute Gasteiger partial charge is 0.354 e. The molecule has 0 atom stereocenters. The lowest BCUT2D eigenvalue weighted by molar-refractivity contribution is 0.880. The predicted octanol–water partition coefficient (Wildman–Crippen LogP) is 5.40. The van der Waals surface area contributed by atoms with E-state index in [9.17, 15) is 0 Å². The van der Waals surface area contributed by atoms with Crippen LogP contribution in [0.1, 0.15) is 5.69 Å². The zero-order chi connectivity index (χ0) is 18.9. The van der Waals surface area contributed by atoms with E-state index in [4.69, 9.17) is 0 Å². The summed E-state index contributed by atoms with van der Waals surface area (Å²) in [5, 5.41) is 4.19. The number of hydrogen-bond acceptors (Lipinski definition) is 0. The highest BCUT2D eigenvalue weighted by molar-refractivity contribution is 14.1. The summed E-state index contributed by atoms with van der Waals surface area (Å²) in [5.74, 6) is 0. The lowest BCUT2D eigenvalue weighted by Gasteiger charge is -2.18. The van der Waals surface area contributed by atoms with Crippen molar-refractivity contribution < 1.29 is 0 Å². The van der Waals surface area contributed by atoms with Gasteiger partial charge in [-0.3, -0.25) is 0 Å². The van der Waals surface area contributed by atoms with Gasteiger partial charge >= 0.3 is 0 Å². The van der Waals surface area contributed by atoms with Gasteiger partial charge in [0.1, 0.15) is 0 Å². The molecule has 4 rings (SSSR count). The van der Waals surface area contributed by atoms with Crippen LogP contribution in [-0.2, 0) is 11.5 Å². The Morgan fingerprint density at radius 2 is 1.04 bits per heavy atom. The first kappa shape index (κ1) is 19.9. The summed E-state index contributed by atoms with van der Waals surface area (Å²) in [5.41, 5.74) is 1.38. The fraction of sp³-hybridized carbons (Fsp3) is 0.0833. The van der Waals surface area contributed by atoms with Gasteiger partial charge in [0.05, 0.1) is 0 Å². The summed E-state index contributed by atoms with van der Waals surface area (Å²) in [6.45, 7) is 0. The van der Waals surface area contributed by atoms with Crippen molar-refractivity contribution in [2.45, 2.75) is 4.43 Å². The minimum absolute atomic E-state index is 0.446. The normalized spacial score (nSPS) is 10.3. The Morgan fingerprint density at radius 1 is 0.630 bits per heavy atom.